The molecule has 83 heavy (non-hydrogen) atoms. The van der Waals surface area contributed by atoms with Crippen molar-refractivity contribution in [1.29, 1.82) is 0 Å². The lowest BCUT2D eigenvalue weighted by Gasteiger charge is -2.10. The number of aliphatic hydroxyl groups excluding tert-OH is 2. The Morgan fingerprint density at radius 2 is 0.566 bits per heavy atom. The van der Waals surface area contributed by atoms with Crippen LogP contribution in [0.25, 0.3) is 33.4 Å². The summed E-state index contributed by atoms with van der Waals surface area (Å²) in [5.74, 6) is 0.968. The molecule has 0 fully saturated rings. The minimum atomic E-state index is -0.222. The van der Waals surface area contributed by atoms with Crippen LogP contribution in [0, 0.1) is 0 Å². The molecule has 0 bridgehead atoms. The van der Waals surface area contributed by atoms with Crippen molar-refractivity contribution in [3.8, 4) is 56.4 Å². The van der Waals surface area contributed by atoms with E-state index in [0.717, 1.165) is 70.0 Å². The van der Waals surface area contributed by atoms with Gasteiger partial charge in [0.1, 0.15) is 23.0 Å². The Hall–Kier alpha value is -8.76. The molecule has 9 N–H and O–H groups in total. The highest BCUT2D eigenvalue weighted by Crippen LogP contribution is 2.27. The van der Waals surface area contributed by atoms with E-state index >= 15 is 0 Å². The van der Waals surface area contributed by atoms with E-state index in [1.165, 1.54) is 79.6 Å². The highest BCUT2D eigenvalue weighted by Gasteiger charge is 2.09. The van der Waals surface area contributed by atoms with Gasteiger partial charge in [0.25, 0.3) is 0 Å². The molecule has 0 heterocycles. The third kappa shape index (κ3) is 21.6. The zero-order chi connectivity index (χ0) is 58.3. The largest absolute Gasteiger partial charge is 0.508 e. The maximum Gasteiger partial charge on any atom is 0.126 e. The van der Waals surface area contributed by atoms with Gasteiger partial charge in [-0.3, -0.25) is 0 Å². The summed E-state index contributed by atoms with van der Waals surface area (Å²) < 4.78 is 0. The summed E-state index contributed by atoms with van der Waals surface area (Å²) in [5, 5.41) is 59.5. The molecule has 10 aromatic rings. The van der Waals surface area contributed by atoms with Gasteiger partial charge >= 0.3 is 0 Å². The molecule has 0 aliphatic rings. The summed E-state index contributed by atoms with van der Waals surface area (Å²) in [7, 11) is 0. The van der Waals surface area contributed by atoms with E-state index in [-0.39, 0.29) is 19.0 Å². The summed E-state index contributed by atoms with van der Waals surface area (Å²) >= 11 is 0. The number of nitrogens with two attached hydrogens (primary N) is 1. The Kier molecular flexibility index (Phi) is 25.7. The van der Waals surface area contributed by atoms with Crippen molar-refractivity contribution in [2.45, 2.75) is 84.0 Å². The second-order valence-corrected chi connectivity index (χ2v) is 20.6. The molecule has 0 saturated heterocycles. The molecule has 426 valence electrons. The predicted octanol–water partition coefficient (Wildman–Crippen LogP) is 15.5. The average Bonchev–Trinajstić information content (AvgIpc) is 3.54. The molecule has 0 radical (unpaired) electrons. The van der Waals surface area contributed by atoms with Crippen LogP contribution in [0.4, 0.5) is 0 Å². The Balaban J connectivity index is 0.000000166. The summed E-state index contributed by atoms with van der Waals surface area (Å²) in [6.45, 7) is 2.00. The first-order valence-electron chi connectivity index (χ1n) is 28.9. The van der Waals surface area contributed by atoms with Crippen molar-refractivity contribution in [3.05, 3.63) is 299 Å². The van der Waals surface area contributed by atoms with Crippen LogP contribution in [0.3, 0.4) is 0 Å². The number of unbranched alkanes of at least 4 members (excludes halogenated alkanes) is 2. The zero-order valence-corrected chi connectivity index (χ0v) is 47.5. The van der Waals surface area contributed by atoms with Gasteiger partial charge in [-0.1, -0.05) is 200 Å². The molecule has 8 nitrogen and oxygen atoms in total. The molecule has 0 aliphatic carbocycles. The zero-order valence-electron chi connectivity index (χ0n) is 47.5. The second kappa shape index (κ2) is 34.5. The second-order valence-electron chi connectivity index (χ2n) is 20.6. The predicted molar refractivity (Wildman–Crippen MR) is 341 cm³/mol. The number of aromatic hydroxyl groups is 4. The number of hydrogen-bond acceptors (Lipinski definition) is 8. The molecule has 8 heteroatoms. The fourth-order valence-corrected chi connectivity index (χ4v) is 9.59. The van der Waals surface area contributed by atoms with Gasteiger partial charge in [0.05, 0.1) is 13.2 Å². The van der Waals surface area contributed by atoms with Gasteiger partial charge in [-0.25, -0.2) is 0 Å². The van der Waals surface area contributed by atoms with Crippen LogP contribution in [-0.2, 0) is 58.3 Å². The van der Waals surface area contributed by atoms with Gasteiger partial charge in [-0.2, -0.15) is 0 Å². The molecule has 10 rings (SSSR count). The molecule has 0 aliphatic heterocycles. The van der Waals surface area contributed by atoms with Gasteiger partial charge < -0.3 is 41.7 Å². The normalized spacial score (nSPS) is 10.6. The number of phenols is 4. The number of benzene rings is 10. The van der Waals surface area contributed by atoms with Gasteiger partial charge in [0, 0.05) is 17.7 Å². The first kappa shape index (κ1) is 61.9. The van der Waals surface area contributed by atoms with Crippen LogP contribution >= 0.6 is 0 Å². The van der Waals surface area contributed by atoms with E-state index in [1.807, 2.05) is 66.7 Å². The number of aryl methyl sites for hydroxylation is 4. The van der Waals surface area contributed by atoms with Crippen LogP contribution in [0.1, 0.15) is 75.8 Å². The lowest BCUT2D eigenvalue weighted by atomic mass is 9.98. The Morgan fingerprint density at radius 3 is 0.892 bits per heavy atom. The van der Waals surface area contributed by atoms with E-state index in [2.05, 4.69) is 151 Å². The molecule has 0 saturated carbocycles. The SMILES string of the molecule is NCCc1ccc(O)cc1.OCc1cc(CCCCc2ccc(-c3ccccc3)cc2)cc(CO)c1O.Oc1ccc(CCCCc2ccc(-c3ccccc3)cc2)cc1.Oc1ccc(CCNCc2ccc(-c3ccccc3)cc2)cc1. The number of hydrogen-bond donors (Lipinski definition) is 8. The molecule has 0 unspecified atom stereocenters. The highest BCUT2D eigenvalue weighted by atomic mass is 16.3. The van der Waals surface area contributed by atoms with Crippen molar-refractivity contribution in [1.82, 2.24) is 5.32 Å². The Bertz CT molecular complexity index is 3200. The minimum Gasteiger partial charge on any atom is -0.508 e. The minimum absolute atomic E-state index is 0.00209. The van der Waals surface area contributed by atoms with Crippen LogP contribution < -0.4 is 11.1 Å². The van der Waals surface area contributed by atoms with Gasteiger partial charge in [-0.15, -0.1) is 0 Å². The highest BCUT2D eigenvalue weighted by molar-refractivity contribution is 5.65. The van der Waals surface area contributed by atoms with E-state index in [1.54, 1.807) is 36.4 Å². The molecular weight excluding hydrogens is 1020 g/mol. The quantitative estimate of drug-likeness (QED) is 0.0312. The van der Waals surface area contributed by atoms with Crippen molar-refractivity contribution in [2.24, 2.45) is 5.73 Å². The third-order valence-corrected chi connectivity index (χ3v) is 14.4. The molecule has 10 aromatic carbocycles. The molecule has 0 amide bonds. The fourth-order valence-electron chi connectivity index (χ4n) is 9.59. The van der Waals surface area contributed by atoms with Crippen molar-refractivity contribution in [2.75, 3.05) is 13.1 Å². The summed E-state index contributed by atoms with van der Waals surface area (Å²) in [4.78, 5) is 0. The molecular formula is C75H80N2O6. The van der Waals surface area contributed by atoms with Crippen LogP contribution in [-0.4, -0.2) is 43.7 Å². The number of aliphatic hydroxyl groups is 2. The summed E-state index contributed by atoms with van der Waals surface area (Å²) in [6.07, 6.45) is 10.3. The van der Waals surface area contributed by atoms with Crippen molar-refractivity contribution < 1.29 is 30.6 Å². The number of nitrogens with one attached hydrogen (secondary N) is 1. The fraction of sp³-hybridized carbons (Fsp3) is 0.200. The monoisotopic (exact) mass is 1100 g/mol. The summed E-state index contributed by atoms with van der Waals surface area (Å²) in [6, 6.07) is 83.3. The third-order valence-electron chi connectivity index (χ3n) is 14.4. The first-order chi connectivity index (χ1) is 40.7. The Labute approximate surface area is 491 Å². The maximum atomic E-state index is 9.92. The van der Waals surface area contributed by atoms with E-state index in [9.17, 15) is 25.5 Å². The van der Waals surface area contributed by atoms with Crippen molar-refractivity contribution in [3.63, 3.8) is 0 Å². The first-order valence-corrected chi connectivity index (χ1v) is 28.9. The molecule has 0 aromatic heterocycles. The van der Waals surface area contributed by atoms with E-state index in [4.69, 9.17) is 10.8 Å². The standard InChI is InChI=1S/C24H26O3.C22H22O.C21H21NO.C8H11NO/c25-16-22-14-19(15-23(17-26)24(22)27)7-5-4-6-18-10-12-21(13-11-18)20-8-2-1-3-9-20;23-22-16-12-19(13-17-22)7-5-4-6-18-10-14-21(15-11-18)20-8-2-1-3-9-20;23-21-12-8-17(9-13-21)14-15-22-16-18-6-10-20(11-7-18)19-4-2-1-3-5-19;9-6-5-7-1-3-8(10)4-2-7/h1-3,8-15,25-27H,4-7,16-17H2;1-3,8-17,23H,4-7H2;1-13,22-23H,14-16H2;1-4,10H,5-6,9H2. The van der Waals surface area contributed by atoms with E-state index in [0.29, 0.717) is 34.9 Å². The van der Waals surface area contributed by atoms with Crippen LogP contribution in [0.2, 0.25) is 0 Å². The number of phenolic OH excluding ortho intramolecular Hbond substituents is 3. The maximum absolute atomic E-state index is 9.92. The van der Waals surface area contributed by atoms with Gasteiger partial charge in [-0.05, 0) is 198 Å². The average molecular weight is 1110 g/mol. The summed E-state index contributed by atoms with van der Waals surface area (Å²) in [5.41, 5.74) is 22.6. The smallest absolute Gasteiger partial charge is 0.126 e. The molecule has 0 atom stereocenters. The lowest BCUT2D eigenvalue weighted by Crippen LogP contribution is -2.16. The lowest BCUT2D eigenvalue weighted by molar-refractivity contribution is 0.263. The Morgan fingerprint density at radius 1 is 0.289 bits per heavy atom. The van der Waals surface area contributed by atoms with E-state index < -0.39 is 0 Å². The van der Waals surface area contributed by atoms with Gasteiger partial charge in [0.2, 0.25) is 0 Å². The van der Waals surface area contributed by atoms with Gasteiger partial charge in [0.15, 0.2) is 0 Å². The van der Waals surface area contributed by atoms with Crippen LogP contribution in [0.15, 0.2) is 249 Å². The van der Waals surface area contributed by atoms with Crippen LogP contribution in [0.5, 0.6) is 23.0 Å². The molecule has 0 spiro atoms. The number of rotatable bonds is 22. The van der Waals surface area contributed by atoms with Crippen molar-refractivity contribution >= 4 is 0 Å². The topological polar surface area (TPSA) is 159 Å².